The van der Waals surface area contributed by atoms with E-state index < -0.39 is 15.8 Å². The van der Waals surface area contributed by atoms with Crippen LogP contribution in [0.3, 0.4) is 0 Å². The van der Waals surface area contributed by atoms with E-state index >= 15 is 0 Å². The van der Waals surface area contributed by atoms with Crippen molar-refractivity contribution < 1.29 is 12.8 Å². The maximum absolute atomic E-state index is 13.1. The molecular weight excluding hydrogens is 255 g/mol. The molecule has 0 aliphatic heterocycles. The zero-order chi connectivity index (χ0) is 13.9. The van der Waals surface area contributed by atoms with E-state index in [1.807, 2.05) is 13.8 Å². The van der Waals surface area contributed by atoms with Gasteiger partial charge in [-0.05, 0) is 30.5 Å². The van der Waals surface area contributed by atoms with Crippen molar-refractivity contribution in [3.63, 3.8) is 0 Å². The van der Waals surface area contributed by atoms with Crippen molar-refractivity contribution in [2.45, 2.75) is 25.2 Å². The molecule has 0 aromatic heterocycles. The second-order valence-corrected chi connectivity index (χ2v) is 6.70. The second-order valence-electron chi connectivity index (χ2n) is 4.69. The van der Waals surface area contributed by atoms with Gasteiger partial charge in [0, 0.05) is 13.6 Å². The first-order chi connectivity index (χ1) is 8.25. The lowest BCUT2D eigenvalue weighted by Gasteiger charge is -2.19. The normalized spacial score (nSPS) is 12.3. The molecule has 0 saturated heterocycles. The van der Waals surface area contributed by atoms with Crippen LogP contribution in [0.25, 0.3) is 0 Å². The highest BCUT2D eigenvalue weighted by molar-refractivity contribution is 7.89. The van der Waals surface area contributed by atoms with E-state index in [0.717, 1.165) is 18.6 Å². The Morgan fingerprint density at radius 3 is 2.56 bits per heavy atom. The minimum atomic E-state index is -3.72. The first-order valence-corrected chi connectivity index (χ1v) is 7.20. The molecule has 18 heavy (non-hydrogen) atoms. The molecule has 2 N–H and O–H groups in total. The number of sulfonamides is 1. The van der Waals surface area contributed by atoms with Gasteiger partial charge in [0.1, 0.15) is 10.7 Å². The van der Waals surface area contributed by atoms with E-state index in [1.165, 1.54) is 17.4 Å². The Hall–Kier alpha value is -1.14. The monoisotopic (exact) mass is 274 g/mol. The standard InChI is InChI=1S/C12H19FN2O2S/c1-9(2)6-7-15(3)18(16,17)12-8-10(13)4-5-11(12)14/h4-5,8-9H,6-7,14H2,1-3H3. The summed E-state index contributed by atoms with van der Waals surface area (Å²) in [5.41, 5.74) is 5.66. The number of nitrogen functional groups attached to an aromatic ring is 1. The largest absolute Gasteiger partial charge is 0.398 e. The molecule has 1 rings (SSSR count). The molecule has 0 aliphatic carbocycles. The molecule has 4 nitrogen and oxygen atoms in total. The predicted molar refractivity (Wildman–Crippen MR) is 70.1 cm³/mol. The Kier molecular flexibility index (Phi) is 4.70. The molecule has 1 aromatic rings. The molecule has 102 valence electrons. The summed E-state index contributed by atoms with van der Waals surface area (Å²) in [6, 6.07) is 3.36. The van der Waals surface area contributed by atoms with Gasteiger partial charge >= 0.3 is 0 Å². The first-order valence-electron chi connectivity index (χ1n) is 5.76. The van der Waals surface area contributed by atoms with E-state index in [-0.39, 0.29) is 10.6 Å². The lowest BCUT2D eigenvalue weighted by molar-refractivity contribution is 0.428. The lowest BCUT2D eigenvalue weighted by atomic mass is 10.1. The maximum atomic E-state index is 13.1. The number of halogens is 1. The fraction of sp³-hybridized carbons (Fsp3) is 0.500. The van der Waals surface area contributed by atoms with Gasteiger partial charge in [-0.15, -0.1) is 0 Å². The van der Waals surface area contributed by atoms with Gasteiger partial charge in [-0.3, -0.25) is 0 Å². The average molecular weight is 274 g/mol. The molecule has 0 heterocycles. The summed E-state index contributed by atoms with van der Waals surface area (Å²) in [5.74, 6) is -0.215. The maximum Gasteiger partial charge on any atom is 0.244 e. The molecule has 0 bridgehead atoms. The summed E-state index contributed by atoms with van der Waals surface area (Å²) >= 11 is 0. The molecule has 0 saturated carbocycles. The van der Waals surface area contributed by atoms with Crippen molar-refractivity contribution in [1.29, 1.82) is 0 Å². The van der Waals surface area contributed by atoms with Gasteiger partial charge in [-0.1, -0.05) is 13.8 Å². The third kappa shape index (κ3) is 3.43. The summed E-state index contributed by atoms with van der Waals surface area (Å²) in [4.78, 5) is -0.172. The van der Waals surface area contributed by atoms with Crippen LogP contribution in [0.5, 0.6) is 0 Å². The minimum Gasteiger partial charge on any atom is -0.398 e. The highest BCUT2D eigenvalue weighted by Crippen LogP contribution is 2.22. The van der Waals surface area contributed by atoms with Crippen LogP contribution in [0, 0.1) is 11.7 Å². The van der Waals surface area contributed by atoms with Crippen molar-refractivity contribution in [3.05, 3.63) is 24.0 Å². The third-order valence-corrected chi connectivity index (χ3v) is 4.60. The first kappa shape index (κ1) is 14.9. The SMILES string of the molecule is CC(C)CCN(C)S(=O)(=O)c1cc(F)ccc1N. The number of nitrogens with two attached hydrogens (primary N) is 1. The molecule has 0 amide bonds. The summed E-state index contributed by atoms with van der Waals surface area (Å²) < 4.78 is 38.7. The van der Waals surface area contributed by atoms with Gasteiger partial charge in [0.05, 0.1) is 5.69 Å². The van der Waals surface area contributed by atoms with Crippen LogP contribution in [0.1, 0.15) is 20.3 Å². The Morgan fingerprint density at radius 2 is 2.00 bits per heavy atom. The fourth-order valence-corrected chi connectivity index (χ4v) is 2.77. The predicted octanol–water partition coefficient (Wildman–Crippen LogP) is 2.07. The second kappa shape index (κ2) is 5.67. The summed E-state index contributed by atoms with van der Waals surface area (Å²) in [6.45, 7) is 4.41. The number of nitrogens with zero attached hydrogens (tertiary/aromatic N) is 1. The number of anilines is 1. The minimum absolute atomic E-state index is 0.0628. The number of hydrogen-bond acceptors (Lipinski definition) is 3. The van der Waals surface area contributed by atoms with Gasteiger partial charge in [0.2, 0.25) is 10.0 Å². The van der Waals surface area contributed by atoms with Gasteiger partial charge in [0.15, 0.2) is 0 Å². The van der Waals surface area contributed by atoms with Crippen LogP contribution in [0.2, 0.25) is 0 Å². The number of benzene rings is 1. The fourth-order valence-electron chi connectivity index (χ4n) is 1.46. The quantitative estimate of drug-likeness (QED) is 0.836. The van der Waals surface area contributed by atoms with E-state index in [4.69, 9.17) is 5.73 Å². The van der Waals surface area contributed by atoms with E-state index in [1.54, 1.807) is 0 Å². The van der Waals surface area contributed by atoms with Crippen LogP contribution in [0.15, 0.2) is 23.1 Å². The highest BCUT2D eigenvalue weighted by atomic mass is 32.2. The Morgan fingerprint density at radius 1 is 1.39 bits per heavy atom. The Balaban J connectivity index is 3.02. The summed E-state index contributed by atoms with van der Waals surface area (Å²) in [7, 11) is -2.25. The van der Waals surface area contributed by atoms with Gasteiger partial charge < -0.3 is 5.73 Å². The van der Waals surface area contributed by atoms with Crippen LogP contribution in [-0.4, -0.2) is 26.3 Å². The third-order valence-electron chi connectivity index (χ3n) is 2.69. The Labute approximate surface area is 108 Å². The van der Waals surface area contributed by atoms with Crippen molar-refractivity contribution in [3.8, 4) is 0 Å². The van der Waals surface area contributed by atoms with Gasteiger partial charge in [-0.2, -0.15) is 0 Å². The van der Waals surface area contributed by atoms with Crippen molar-refractivity contribution in [2.24, 2.45) is 5.92 Å². The molecule has 1 aromatic carbocycles. The van der Waals surface area contributed by atoms with E-state index in [9.17, 15) is 12.8 Å². The number of hydrogen-bond donors (Lipinski definition) is 1. The topological polar surface area (TPSA) is 63.4 Å². The number of rotatable bonds is 5. The van der Waals surface area contributed by atoms with E-state index in [0.29, 0.717) is 12.5 Å². The molecule has 6 heteroatoms. The molecule has 0 aliphatic rings. The highest BCUT2D eigenvalue weighted by Gasteiger charge is 2.23. The molecule has 0 fully saturated rings. The van der Waals surface area contributed by atoms with Crippen molar-refractivity contribution >= 4 is 15.7 Å². The smallest absolute Gasteiger partial charge is 0.244 e. The summed E-state index contributed by atoms with van der Waals surface area (Å²) in [5, 5.41) is 0. The lowest BCUT2D eigenvalue weighted by Crippen LogP contribution is -2.29. The summed E-state index contributed by atoms with van der Waals surface area (Å²) in [6.07, 6.45) is 0.741. The van der Waals surface area contributed by atoms with Crippen LogP contribution in [-0.2, 0) is 10.0 Å². The van der Waals surface area contributed by atoms with Crippen LogP contribution >= 0.6 is 0 Å². The van der Waals surface area contributed by atoms with Gasteiger partial charge in [0.25, 0.3) is 0 Å². The molecule has 0 unspecified atom stereocenters. The van der Waals surface area contributed by atoms with Crippen molar-refractivity contribution in [2.75, 3.05) is 19.3 Å². The van der Waals surface area contributed by atoms with Crippen LogP contribution in [0.4, 0.5) is 10.1 Å². The van der Waals surface area contributed by atoms with Crippen molar-refractivity contribution in [1.82, 2.24) is 4.31 Å². The van der Waals surface area contributed by atoms with Crippen LogP contribution < -0.4 is 5.73 Å². The zero-order valence-corrected chi connectivity index (χ0v) is 11.7. The Bertz CT molecular complexity index is 515. The molecule has 0 radical (unpaired) electrons. The van der Waals surface area contributed by atoms with Gasteiger partial charge in [-0.25, -0.2) is 17.1 Å². The average Bonchev–Trinajstić information content (AvgIpc) is 2.28. The molecule has 0 spiro atoms. The molecular formula is C12H19FN2O2S. The van der Waals surface area contributed by atoms with E-state index in [2.05, 4.69) is 0 Å². The zero-order valence-electron chi connectivity index (χ0n) is 10.9. The molecule has 0 atom stereocenters.